The van der Waals surface area contributed by atoms with Crippen LogP contribution in [0.4, 0.5) is 0 Å². The Kier molecular flexibility index (Phi) is 6.12. The zero-order chi connectivity index (χ0) is 20.1. The molecular weight excluding hydrogens is 388 g/mol. The van der Waals surface area contributed by atoms with E-state index in [0.717, 1.165) is 22.5 Å². The second kappa shape index (κ2) is 9.11. The number of carbonyl (C=O) groups is 1. The molecule has 148 valence electrons. The van der Waals surface area contributed by atoms with E-state index in [-0.39, 0.29) is 12.0 Å². The van der Waals surface area contributed by atoms with Gasteiger partial charge in [0.2, 0.25) is 5.91 Å². The topological polar surface area (TPSA) is 68.2 Å². The maximum atomic E-state index is 12.7. The molecule has 2 aromatic heterocycles. The molecule has 1 atom stereocenters. The van der Waals surface area contributed by atoms with Gasteiger partial charge in [-0.25, -0.2) is 15.0 Å². The quantitative estimate of drug-likeness (QED) is 0.643. The van der Waals surface area contributed by atoms with Crippen molar-refractivity contribution in [3.63, 3.8) is 0 Å². The van der Waals surface area contributed by atoms with E-state index in [1.54, 1.807) is 12.4 Å². The highest BCUT2D eigenvalue weighted by molar-refractivity contribution is 6.30. The fourth-order valence-electron chi connectivity index (χ4n) is 3.38. The smallest absolute Gasteiger partial charge is 0.223 e. The molecule has 0 saturated carbocycles. The van der Waals surface area contributed by atoms with Crippen LogP contribution in [-0.2, 0) is 16.0 Å². The van der Waals surface area contributed by atoms with E-state index >= 15 is 0 Å². The standard InChI is InChI=1S/C22H21ClN4O2/c23-18-4-1-3-16(11-18)7-8-22(28)27-9-10-29-21(14-27)20-6-2-5-19(26-20)17-12-24-15-25-13-17/h1-6,11-13,15,21H,7-10,14H2. The second-order valence-electron chi connectivity index (χ2n) is 6.90. The van der Waals surface area contributed by atoms with E-state index in [2.05, 4.69) is 9.97 Å². The molecule has 6 nitrogen and oxygen atoms in total. The number of carbonyl (C=O) groups excluding carboxylic acids is 1. The summed E-state index contributed by atoms with van der Waals surface area (Å²) in [5.41, 5.74) is 3.50. The predicted molar refractivity (Wildman–Crippen MR) is 110 cm³/mol. The lowest BCUT2D eigenvalue weighted by Crippen LogP contribution is -2.42. The molecule has 0 spiro atoms. The van der Waals surface area contributed by atoms with Crippen LogP contribution in [0.15, 0.2) is 61.2 Å². The lowest BCUT2D eigenvalue weighted by Gasteiger charge is -2.33. The average Bonchev–Trinajstić information content (AvgIpc) is 2.78. The van der Waals surface area contributed by atoms with E-state index in [9.17, 15) is 4.79 Å². The molecule has 3 heterocycles. The fraction of sp³-hybridized carbons (Fsp3) is 0.273. The third kappa shape index (κ3) is 4.96. The van der Waals surface area contributed by atoms with Gasteiger partial charge in [0.05, 0.1) is 24.5 Å². The van der Waals surface area contributed by atoms with Gasteiger partial charge in [0.1, 0.15) is 12.4 Å². The van der Waals surface area contributed by atoms with Crippen LogP contribution in [0.2, 0.25) is 5.02 Å². The van der Waals surface area contributed by atoms with E-state index in [1.165, 1.54) is 6.33 Å². The molecule has 1 aliphatic heterocycles. The number of benzene rings is 1. The van der Waals surface area contributed by atoms with Crippen molar-refractivity contribution in [3.8, 4) is 11.3 Å². The number of ether oxygens (including phenoxy) is 1. The van der Waals surface area contributed by atoms with Crippen molar-refractivity contribution in [1.29, 1.82) is 0 Å². The number of hydrogen-bond acceptors (Lipinski definition) is 5. The van der Waals surface area contributed by atoms with Gasteiger partial charge in [-0.05, 0) is 36.2 Å². The average molecular weight is 409 g/mol. The molecule has 0 N–H and O–H groups in total. The Hall–Kier alpha value is -2.83. The Balaban J connectivity index is 1.41. The molecule has 4 rings (SSSR count). The predicted octanol–water partition coefficient (Wildman–Crippen LogP) is 3.72. The minimum absolute atomic E-state index is 0.117. The van der Waals surface area contributed by atoms with Crippen molar-refractivity contribution < 1.29 is 9.53 Å². The molecule has 0 aliphatic carbocycles. The molecule has 1 aromatic carbocycles. The fourth-order valence-corrected chi connectivity index (χ4v) is 3.59. The highest BCUT2D eigenvalue weighted by Crippen LogP contribution is 2.24. The molecule has 3 aromatic rings. The van der Waals surface area contributed by atoms with Crippen LogP contribution in [0.1, 0.15) is 23.8 Å². The summed E-state index contributed by atoms with van der Waals surface area (Å²) in [6.45, 7) is 1.58. The third-order valence-electron chi connectivity index (χ3n) is 4.89. The summed E-state index contributed by atoms with van der Waals surface area (Å²) >= 11 is 6.03. The van der Waals surface area contributed by atoms with Gasteiger partial charge in [-0.15, -0.1) is 0 Å². The Morgan fingerprint density at radius 2 is 2.00 bits per heavy atom. The maximum Gasteiger partial charge on any atom is 0.223 e. The lowest BCUT2D eigenvalue weighted by atomic mass is 10.1. The molecule has 1 aliphatic rings. The SMILES string of the molecule is O=C(CCc1cccc(Cl)c1)N1CCOC(c2cccc(-c3cncnc3)n2)C1. The molecule has 1 saturated heterocycles. The van der Waals surface area contributed by atoms with E-state index in [0.29, 0.717) is 37.6 Å². The van der Waals surface area contributed by atoms with Crippen LogP contribution >= 0.6 is 11.6 Å². The number of rotatable bonds is 5. The maximum absolute atomic E-state index is 12.7. The summed E-state index contributed by atoms with van der Waals surface area (Å²) in [5.74, 6) is 0.117. The van der Waals surface area contributed by atoms with Crippen molar-refractivity contribution in [2.75, 3.05) is 19.7 Å². The normalized spacial score (nSPS) is 16.6. The Morgan fingerprint density at radius 1 is 1.17 bits per heavy atom. The molecule has 1 fully saturated rings. The molecule has 1 unspecified atom stereocenters. The third-order valence-corrected chi connectivity index (χ3v) is 5.13. The Labute approximate surface area is 174 Å². The first kappa shape index (κ1) is 19.5. The zero-order valence-electron chi connectivity index (χ0n) is 15.9. The van der Waals surface area contributed by atoms with Gasteiger partial charge in [0, 0.05) is 35.9 Å². The van der Waals surface area contributed by atoms with Crippen molar-refractivity contribution in [1.82, 2.24) is 19.9 Å². The number of amides is 1. The van der Waals surface area contributed by atoms with Gasteiger partial charge < -0.3 is 9.64 Å². The summed E-state index contributed by atoms with van der Waals surface area (Å²) in [4.78, 5) is 27.4. The van der Waals surface area contributed by atoms with Gasteiger partial charge >= 0.3 is 0 Å². The first-order valence-corrected chi connectivity index (χ1v) is 9.93. The van der Waals surface area contributed by atoms with Gasteiger partial charge in [-0.3, -0.25) is 4.79 Å². The van der Waals surface area contributed by atoms with Gasteiger partial charge in [-0.2, -0.15) is 0 Å². The summed E-state index contributed by atoms with van der Waals surface area (Å²) in [5, 5.41) is 0.691. The molecule has 7 heteroatoms. The zero-order valence-corrected chi connectivity index (χ0v) is 16.6. The van der Waals surface area contributed by atoms with Crippen molar-refractivity contribution in [2.24, 2.45) is 0 Å². The number of hydrogen-bond donors (Lipinski definition) is 0. The first-order chi connectivity index (χ1) is 14.2. The second-order valence-corrected chi connectivity index (χ2v) is 7.34. The summed E-state index contributed by atoms with van der Waals surface area (Å²) in [7, 11) is 0. The number of pyridine rings is 1. The van der Waals surface area contributed by atoms with Crippen LogP contribution < -0.4 is 0 Å². The summed E-state index contributed by atoms with van der Waals surface area (Å²) < 4.78 is 5.91. The molecule has 0 bridgehead atoms. The number of aryl methyl sites for hydroxylation is 1. The minimum Gasteiger partial charge on any atom is -0.368 e. The van der Waals surface area contributed by atoms with E-state index in [4.69, 9.17) is 21.3 Å². The molecule has 29 heavy (non-hydrogen) atoms. The van der Waals surface area contributed by atoms with Crippen LogP contribution in [-0.4, -0.2) is 45.5 Å². The first-order valence-electron chi connectivity index (χ1n) is 9.55. The van der Waals surface area contributed by atoms with Crippen LogP contribution in [0.5, 0.6) is 0 Å². The van der Waals surface area contributed by atoms with E-state index < -0.39 is 0 Å². The van der Waals surface area contributed by atoms with Crippen LogP contribution in [0.3, 0.4) is 0 Å². The number of aromatic nitrogens is 3. The number of morpholine rings is 1. The van der Waals surface area contributed by atoms with Crippen LogP contribution in [0.25, 0.3) is 11.3 Å². The highest BCUT2D eigenvalue weighted by Gasteiger charge is 2.26. The largest absolute Gasteiger partial charge is 0.368 e. The van der Waals surface area contributed by atoms with E-state index in [1.807, 2.05) is 47.4 Å². The van der Waals surface area contributed by atoms with Crippen molar-refractivity contribution >= 4 is 17.5 Å². The van der Waals surface area contributed by atoms with Crippen LogP contribution in [0, 0.1) is 0 Å². The summed E-state index contributed by atoms with van der Waals surface area (Å²) in [6, 6.07) is 13.4. The molecule has 0 radical (unpaired) electrons. The Morgan fingerprint density at radius 3 is 2.83 bits per heavy atom. The number of nitrogens with zero attached hydrogens (tertiary/aromatic N) is 4. The van der Waals surface area contributed by atoms with Gasteiger partial charge in [-0.1, -0.05) is 29.8 Å². The van der Waals surface area contributed by atoms with Crippen molar-refractivity contribution in [2.45, 2.75) is 18.9 Å². The number of halogens is 1. The summed E-state index contributed by atoms with van der Waals surface area (Å²) in [6.07, 6.45) is 5.82. The lowest BCUT2D eigenvalue weighted by molar-refractivity contribution is -0.139. The van der Waals surface area contributed by atoms with Gasteiger partial charge in [0.25, 0.3) is 0 Å². The highest BCUT2D eigenvalue weighted by atomic mass is 35.5. The van der Waals surface area contributed by atoms with Gasteiger partial charge in [0.15, 0.2) is 0 Å². The monoisotopic (exact) mass is 408 g/mol. The Bertz CT molecular complexity index is 983. The molecule has 1 amide bonds. The molecular formula is C22H21ClN4O2. The minimum atomic E-state index is -0.247. The van der Waals surface area contributed by atoms with Crippen molar-refractivity contribution in [3.05, 3.63) is 77.5 Å².